The molecular formula is C6H4N4O3S. The standard InChI is InChI=1S/C6H4N4O3S/c7-6-8-5(13-9-6)4-1-3(2-14-4)10(11)12/h1-2H,(H2,7,9). The molecule has 0 fully saturated rings. The van der Waals surface area contributed by atoms with Crippen molar-refractivity contribution < 1.29 is 9.45 Å². The van der Waals surface area contributed by atoms with Crippen molar-refractivity contribution in [3.63, 3.8) is 0 Å². The average molecular weight is 212 g/mol. The van der Waals surface area contributed by atoms with E-state index in [2.05, 4.69) is 10.1 Å². The van der Waals surface area contributed by atoms with Crippen LogP contribution in [0.15, 0.2) is 16.0 Å². The lowest BCUT2D eigenvalue weighted by Gasteiger charge is -1.82. The van der Waals surface area contributed by atoms with E-state index >= 15 is 0 Å². The highest BCUT2D eigenvalue weighted by atomic mass is 32.1. The minimum absolute atomic E-state index is 0.00164. The van der Waals surface area contributed by atoms with E-state index in [4.69, 9.17) is 10.3 Å². The topological polar surface area (TPSA) is 108 Å². The average Bonchev–Trinajstić information content (AvgIpc) is 2.70. The van der Waals surface area contributed by atoms with Crippen LogP contribution in [-0.4, -0.2) is 15.1 Å². The van der Waals surface area contributed by atoms with Crippen molar-refractivity contribution in [3.8, 4) is 10.8 Å². The molecule has 0 amide bonds. The van der Waals surface area contributed by atoms with Crippen molar-refractivity contribution in [2.24, 2.45) is 0 Å². The summed E-state index contributed by atoms with van der Waals surface area (Å²) in [6.07, 6.45) is 0. The van der Waals surface area contributed by atoms with E-state index in [-0.39, 0.29) is 17.5 Å². The van der Waals surface area contributed by atoms with E-state index in [0.717, 1.165) is 11.3 Å². The molecule has 2 heterocycles. The quantitative estimate of drug-likeness (QED) is 0.593. The highest BCUT2D eigenvalue weighted by Gasteiger charge is 2.14. The maximum atomic E-state index is 10.4. The minimum Gasteiger partial charge on any atom is -0.365 e. The lowest BCUT2D eigenvalue weighted by Crippen LogP contribution is -1.85. The van der Waals surface area contributed by atoms with Crippen molar-refractivity contribution in [2.75, 3.05) is 5.73 Å². The van der Waals surface area contributed by atoms with Gasteiger partial charge in [0.2, 0.25) is 0 Å². The first-order valence-corrected chi connectivity index (χ1v) is 4.37. The predicted molar refractivity (Wildman–Crippen MR) is 48.7 cm³/mol. The Morgan fingerprint density at radius 3 is 2.93 bits per heavy atom. The fourth-order valence-corrected chi connectivity index (χ4v) is 1.64. The van der Waals surface area contributed by atoms with E-state index in [1.165, 1.54) is 11.4 Å². The minimum atomic E-state index is -0.486. The Hall–Kier alpha value is -1.96. The molecule has 0 aliphatic heterocycles. The summed E-state index contributed by atoms with van der Waals surface area (Å²) in [5, 5.41) is 15.1. The molecule has 7 nitrogen and oxygen atoms in total. The Kier molecular flexibility index (Phi) is 1.89. The molecular weight excluding hydrogens is 208 g/mol. The summed E-state index contributed by atoms with van der Waals surface area (Å²) >= 11 is 1.15. The third-order valence-electron chi connectivity index (χ3n) is 1.45. The zero-order chi connectivity index (χ0) is 10.1. The van der Waals surface area contributed by atoms with E-state index in [0.29, 0.717) is 4.88 Å². The Morgan fingerprint density at radius 2 is 2.43 bits per heavy atom. The third kappa shape index (κ3) is 1.42. The third-order valence-corrected chi connectivity index (χ3v) is 2.35. The van der Waals surface area contributed by atoms with Gasteiger partial charge in [0.1, 0.15) is 0 Å². The van der Waals surface area contributed by atoms with Crippen molar-refractivity contribution in [3.05, 3.63) is 21.6 Å². The summed E-state index contributed by atoms with van der Waals surface area (Å²) in [4.78, 5) is 14.2. The predicted octanol–water partition coefficient (Wildman–Crippen LogP) is 1.29. The first kappa shape index (κ1) is 8.63. The number of hydrogen-bond donors (Lipinski definition) is 1. The number of anilines is 1. The molecule has 0 saturated heterocycles. The van der Waals surface area contributed by atoms with Crippen LogP contribution in [0.2, 0.25) is 0 Å². The second-order valence-corrected chi connectivity index (χ2v) is 3.30. The fourth-order valence-electron chi connectivity index (χ4n) is 0.869. The zero-order valence-electron chi connectivity index (χ0n) is 6.71. The second-order valence-electron chi connectivity index (χ2n) is 2.38. The summed E-state index contributed by atoms with van der Waals surface area (Å²) in [7, 11) is 0. The summed E-state index contributed by atoms with van der Waals surface area (Å²) in [6.45, 7) is 0. The van der Waals surface area contributed by atoms with Gasteiger partial charge in [-0.05, 0) is 5.16 Å². The highest BCUT2D eigenvalue weighted by molar-refractivity contribution is 7.13. The molecule has 0 saturated carbocycles. The maximum Gasteiger partial charge on any atom is 0.280 e. The van der Waals surface area contributed by atoms with E-state index in [1.807, 2.05) is 0 Å². The molecule has 2 rings (SSSR count). The normalized spacial score (nSPS) is 10.3. The van der Waals surface area contributed by atoms with Gasteiger partial charge in [-0.3, -0.25) is 10.1 Å². The van der Waals surface area contributed by atoms with Gasteiger partial charge in [-0.1, -0.05) is 0 Å². The van der Waals surface area contributed by atoms with Crippen LogP contribution < -0.4 is 5.73 Å². The number of rotatable bonds is 2. The van der Waals surface area contributed by atoms with Gasteiger partial charge in [0.15, 0.2) is 0 Å². The van der Waals surface area contributed by atoms with Crippen molar-refractivity contribution in [1.82, 2.24) is 10.1 Å². The van der Waals surface area contributed by atoms with Gasteiger partial charge in [-0.2, -0.15) is 4.98 Å². The van der Waals surface area contributed by atoms with E-state index in [1.54, 1.807) is 0 Å². The molecule has 0 atom stereocenters. The molecule has 0 aromatic carbocycles. The van der Waals surface area contributed by atoms with Gasteiger partial charge >= 0.3 is 0 Å². The van der Waals surface area contributed by atoms with Crippen LogP contribution in [0, 0.1) is 10.1 Å². The molecule has 2 N–H and O–H groups in total. The van der Waals surface area contributed by atoms with Crippen LogP contribution in [-0.2, 0) is 0 Å². The van der Waals surface area contributed by atoms with Gasteiger partial charge in [0, 0.05) is 6.07 Å². The van der Waals surface area contributed by atoms with Crippen LogP contribution in [0.1, 0.15) is 0 Å². The first-order chi connectivity index (χ1) is 6.66. The number of nitrogens with zero attached hydrogens (tertiary/aromatic N) is 3. The van der Waals surface area contributed by atoms with Crippen molar-refractivity contribution in [1.29, 1.82) is 0 Å². The summed E-state index contributed by atoms with van der Waals surface area (Å²) in [5.74, 6) is 0.205. The van der Waals surface area contributed by atoms with Gasteiger partial charge in [-0.25, -0.2) is 0 Å². The van der Waals surface area contributed by atoms with Crippen LogP contribution in [0.3, 0.4) is 0 Å². The fraction of sp³-hybridized carbons (Fsp3) is 0. The largest absolute Gasteiger partial charge is 0.365 e. The number of nitrogens with two attached hydrogens (primary N) is 1. The number of nitrogen functional groups attached to an aromatic ring is 1. The smallest absolute Gasteiger partial charge is 0.280 e. The van der Waals surface area contributed by atoms with Gasteiger partial charge in [0.25, 0.3) is 17.5 Å². The lowest BCUT2D eigenvalue weighted by atomic mass is 10.4. The van der Waals surface area contributed by atoms with Crippen LogP contribution in [0.25, 0.3) is 10.8 Å². The van der Waals surface area contributed by atoms with E-state index in [9.17, 15) is 10.1 Å². The van der Waals surface area contributed by atoms with Crippen LogP contribution >= 0.6 is 11.3 Å². The van der Waals surface area contributed by atoms with Gasteiger partial charge < -0.3 is 10.3 Å². The second kappa shape index (κ2) is 3.07. The molecule has 8 heteroatoms. The molecule has 72 valence electrons. The monoisotopic (exact) mass is 212 g/mol. The van der Waals surface area contributed by atoms with Crippen LogP contribution in [0.5, 0.6) is 0 Å². The molecule has 14 heavy (non-hydrogen) atoms. The molecule has 0 unspecified atom stereocenters. The summed E-state index contributed by atoms with van der Waals surface area (Å²) < 4.78 is 4.75. The Morgan fingerprint density at radius 1 is 1.64 bits per heavy atom. The van der Waals surface area contributed by atoms with Crippen molar-refractivity contribution >= 4 is 23.0 Å². The Balaban J connectivity index is 2.38. The maximum absolute atomic E-state index is 10.4. The summed E-state index contributed by atoms with van der Waals surface area (Å²) in [5.41, 5.74) is 5.24. The van der Waals surface area contributed by atoms with Gasteiger partial charge in [-0.15, -0.1) is 11.3 Å². The molecule has 2 aromatic heterocycles. The molecule has 0 bridgehead atoms. The molecule has 0 aliphatic rings. The number of thiophene rings is 1. The molecule has 0 aliphatic carbocycles. The number of aromatic nitrogens is 2. The highest BCUT2D eigenvalue weighted by Crippen LogP contribution is 2.29. The summed E-state index contributed by atoms with van der Waals surface area (Å²) in [6, 6.07) is 1.36. The Bertz CT molecular complexity index is 477. The SMILES string of the molecule is Nc1noc(-c2cc([N+](=O)[O-])cs2)n1. The van der Waals surface area contributed by atoms with Gasteiger partial charge in [0.05, 0.1) is 15.2 Å². The van der Waals surface area contributed by atoms with Crippen LogP contribution in [0.4, 0.5) is 11.6 Å². The Labute approximate surface area is 81.3 Å². The molecule has 0 spiro atoms. The number of nitro groups is 1. The lowest BCUT2D eigenvalue weighted by molar-refractivity contribution is -0.384. The number of hydrogen-bond acceptors (Lipinski definition) is 7. The molecule has 0 radical (unpaired) electrons. The van der Waals surface area contributed by atoms with Crippen molar-refractivity contribution in [2.45, 2.75) is 0 Å². The molecule has 2 aromatic rings. The zero-order valence-corrected chi connectivity index (χ0v) is 7.52. The van der Waals surface area contributed by atoms with E-state index < -0.39 is 4.92 Å². The first-order valence-electron chi connectivity index (χ1n) is 3.49.